The first-order chi connectivity index (χ1) is 8.60. The summed E-state index contributed by atoms with van der Waals surface area (Å²) in [5, 5.41) is 21.6. The fourth-order valence-electron chi connectivity index (χ4n) is 1.59. The van der Waals surface area contributed by atoms with E-state index in [1.54, 1.807) is 0 Å². The topological polar surface area (TPSA) is 122 Å². The van der Waals surface area contributed by atoms with E-state index in [1.165, 1.54) is 18.2 Å². The molecule has 0 aliphatic rings. The van der Waals surface area contributed by atoms with Gasteiger partial charge in [-0.3, -0.25) is 4.79 Å². The van der Waals surface area contributed by atoms with Crippen molar-refractivity contribution < 1.29 is 15.0 Å². The molecule has 0 heterocycles. The summed E-state index contributed by atoms with van der Waals surface area (Å²) in [4.78, 5) is 11.9. The molecule has 0 spiro atoms. The lowest BCUT2D eigenvalue weighted by molar-refractivity contribution is 0.0932. The van der Waals surface area contributed by atoms with Crippen molar-refractivity contribution in [2.45, 2.75) is 18.9 Å². The molecule has 18 heavy (non-hydrogen) atoms. The molecule has 1 aromatic rings. The molecule has 0 aromatic heterocycles. The zero-order valence-corrected chi connectivity index (χ0v) is 10.1. The minimum atomic E-state index is -0.462. The molecule has 1 aromatic carbocycles. The Morgan fingerprint density at radius 3 is 2.67 bits per heavy atom. The SMILES string of the molecule is NCCC[C@H](CN)NC(=O)c1cccc(O)c1O. The quantitative estimate of drug-likeness (QED) is 0.453. The average molecular weight is 253 g/mol. The molecule has 0 unspecified atom stereocenters. The minimum absolute atomic E-state index is 0.0289. The van der Waals surface area contributed by atoms with Gasteiger partial charge in [-0.25, -0.2) is 0 Å². The number of carbonyl (C=O) groups is 1. The molecular formula is C12H19N3O3. The van der Waals surface area contributed by atoms with E-state index in [9.17, 15) is 15.0 Å². The number of phenolic OH excluding ortho intramolecular Hbond substituents is 2. The number of amides is 1. The number of hydrogen-bond acceptors (Lipinski definition) is 5. The van der Waals surface area contributed by atoms with Gasteiger partial charge in [-0.15, -0.1) is 0 Å². The lowest BCUT2D eigenvalue weighted by atomic mass is 10.1. The third-order valence-corrected chi connectivity index (χ3v) is 2.64. The van der Waals surface area contributed by atoms with Crippen LogP contribution < -0.4 is 16.8 Å². The number of phenols is 2. The highest BCUT2D eigenvalue weighted by atomic mass is 16.3. The second kappa shape index (κ2) is 6.83. The summed E-state index contributed by atoms with van der Waals surface area (Å²) < 4.78 is 0. The number of benzene rings is 1. The smallest absolute Gasteiger partial charge is 0.255 e. The van der Waals surface area contributed by atoms with E-state index < -0.39 is 11.7 Å². The van der Waals surface area contributed by atoms with Gasteiger partial charge >= 0.3 is 0 Å². The Hall–Kier alpha value is -1.79. The third-order valence-electron chi connectivity index (χ3n) is 2.64. The van der Waals surface area contributed by atoms with Gasteiger partial charge in [-0.05, 0) is 31.5 Å². The Labute approximate surface area is 106 Å². The molecule has 0 saturated carbocycles. The van der Waals surface area contributed by atoms with E-state index in [2.05, 4.69) is 5.32 Å². The molecule has 6 heteroatoms. The van der Waals surface area contributed by atoms with Gasteiger partial charge in [0, 0.05) is 12.6 Å². The fraction of sp³-hybridized carbons (Fsp3) is 0.417. The number of rotatable bonds is 6. The Balaban J connectivity index is 2.72. The molecule has 1 atom stereocenters. The molecule has 0 fully saturated rings. The van der Waals surface area contributed by atoms with Crippen LogP contribution in [-0.2, 0) is 0 Å². The maximum Gasteiger partial charge on any atom is 0.255 e. The lowest BCUT2D eigenvalue weighted by Crippen LogP contribution is -2.40. The van der Waals surface area contributed by atoms with Gasteiger partial charge in [0.1, 0.15) is 0 Å². The van der Waals surface area contributed by atoms with Gasteiger partial charge in [0.2, 0.25) is 0 Å². The Kier molecular flexibility index (Phi) is 5.41. The first-order valence-electron chi connectivity index (χ1n) is 5.82. The van der Waals surface area contributed by atoms with Gasteiger partial charge < -0.3 is 27.0 Å². The highest BCUT2D eigenvalue weighted by Crippen LogP contribution is 2.27. The molecular weight excluding hydrogens is 234 g/mol. The van der Waals surface area contributed by atoms with E-state index in [4.69, 9.17) is 11.5 Å². The normalized spacial score (nSPS) is 12.1. The van der Waals surface area contributed by atoms with Gasteiger partial charge in [0.05, 0.1) is 5.56 Å². The van der Waals surface area contributed by atoms with Crippen LogP contribution in [0.1, 0.15) is 23.2 Å². The first-order valence-corrected chi connectivity index (χ1v) is 5.82. The van der Waals surface area contributed by atoms with Crippen molar-refractivity contribution in [2.24, 2.45) is 11.5 Å². The summed E-state index contributed by atoms with van der Waals surface area (Å²) in [5.74, 6) is -1.21. The van der Waals surface area contributed by atoms with Crippen molar-refractivity contribution in [3.63, 3.8) is 0 Å². The van der Waals surface area contributed by atoms with Crippen molar-refractivity contribution in [2.75, 3.05) is 13.1 Å². The van der Waals surface area contributed by atoms with Gasteiger partial charge in [-0.1, -0.05) is 6.07 Å². The number of nitrogens with two attached hydrogens (primary N) is 2. The number of carbonyl (C=O) groups excluding carboxylic acids is 1. The third kappa shape index (κ3) is 3.61. The molecule has 0 saturated heterocycles. The fourth-order valence-corrected chi connectivity index (χ4v) is 1.59. The van der Waals surface area contributed by atoms with Crippen LogP contribution in [0.25, 0.3) is 0 Å². The average Bonchev–Trinajstić information content (AvgIpc) is 2.37. The van der Waals surface area contributed by atoms with Crippen molar-refractivity contribution in [1.82, 2.24) is 5.32 Å². The summed E-state index contributed by atoms with van der Waals surface area (Å²) in [6.07, 6.45) is 1.44. The van der Waals surface area contributed by atoms with E-state index in [0.717, 1.165) is 6.42 Å². The van der Waals surface area contributed by atoms with Crippen molar-refractivity contribution >= 4 is 5.91 Å². The van der Waals surface area contributed by atoms with E-state index in [1.807, 2.05) is 0 Å². The standard InChI is InChI=1S/C12H19N3O3/c13-6-2-3-8(7-14)15-12(18)9-4-1-5-10(16)11(9)17/h1,4-5,8,16-17H,2-3,6-7,13-14H2,(H,15,18)/t8-/m1/s1. The Morgan fingerprint density at radius 1 is 1.33 bits per heavy atom. The van der Waals surface area contributed by atoms with Crippen LogP contribution in [0.2, 0.25) is 0 Å². The number of aromatic hydroxyl groups is 2. The van der Waals surface area contributed by atoms with E-state index >= 15 is 0 Å². The number of para-hydroxylation sites is 1. The summed E-state index contributed by atoms with van der Waals surface area (Å²) in [7, 11) is 0. The predicted octanol–water partition coefficient (Wildman–Crippen LogP) is -0.106. The number of nitrogens with one attached hydrogen (secondary N) is 1. The molecule has 6 nitrogen and oxygen atoms in total. The van der Waals surface area contributed by atoms with Crippen LogP contribution >= 0.6 is 0 Å². The summed E-state index contributed by atoms with van der Waals surface area (Å²) >= 11 is 0. The largest absolute Gasteiger partial charge is 0.504 e. The van der Waals surface area contributed by atoms with E-state index in [0.29, 0.717) is 19.5 Å². The molecule has 1 amide bonds. The summed E-state index contributed by atoms with van der Waals surface area (Å²) in [6, 6.07) is 4.03. The molecule has 0 aliphatic heterocycles. The van der Waals surface area contributed by atoms with Gasteiger partial charge in [-0.2, -0.15) is 0 Å². The lowest BCUT2D eigenvalue weighted by Gasteiger charge is -2.17. The minimum Gasteiger partial charge on any atom is -0.504 e. The second-order valence-electron chi connectivity index (χ2n) is 4.01. The highest BCUT2D eigenvalue weighted by Gasteiger charge is 2.16. The van der Waals surface area contributed by atoms with Crippen LogP contribution in [0.3, 0.4) is 0 Å². The maximum atomic E-state index is 11.9. The summed E-state index contributed by atoms with van der Waals surface area (Å²) in [5.41, 5.74) is 11.0. The van der Waals surface area contributed by atoms with Gasteiger partial charge in [0.15, 0.2) is 11.5 Å². The summed E-state index contributed by atoms with van der Waals surface area (Å²) in [6.45, 7) is 0.828. The Bertz CT molecular complexity index is 410. The first kappa shape index (κ1) is 14.3. The molecule has 1 rings (SSSR count). The second-order valence-corrected chi connectivity index (χ2v) is 4.01. The molecule has 100 valence electrons. The molecule has 0 bridgehead atoms. The molecule has 0 aliphatic carbocycles. The van der Waals surface area contributed by atoms with Crippen molar-refractivity contribution in [3.8, 4) is 11.5 Å². The van der Waals surface area contributed by atoms with E-state index in [-0.39, 0.29) is 17.4 Å². The highest BCUT2D eigenvalue weighted by molar-refractivity contribution is 5.97. The van der Waals surface area contributed by atoms with Crippen LogP contribution in [0.4, 0.5) is 0 Å². The molecule has 0 radical (unpaired) electrons. The van der Waals surface area contributed by atoms with Crippen LogP contribution in [0.15, 0.2) is 18.2 Å². The van der Waals surface area contributed by atoms with Crippen molar-refractivity contribution in [1.29, 1.82) is 0 Å². The number of hydrogen-bond donors (Lipinski definition) is 5. The molecule has 7 N–H and O–H groups in total. The zero-order valence-electron chi connectivity index (χ0n) is 10.1. The zero-order chi connectivity index (χ0) is 13.5. The maximum absolute atomic E-state index is 11.9. The van der Waals surface area contributed by atoms with Crippen LogP contribution in [0, 0.1) is 0 Å². The van der Waals surface area contributed by atoms with Crippen molar-refractivity contribution in [3.05, 3.63) is 23.8 Å². The monoisotopic (exact) mass is 253 g/mol. The predicted molar refractivity (Wildman–Crippen MR) is 68.4 cm³/mol. The van der Waals surface area contributed by atoms with Crippen LogP contribution in [-0.4, -0.2) is 35.3 Å². The van der Waals surface area contributed by atoms with Crippen LogP contribution in [0.5, 0.6) is 11.5 Å². The van der Waals surface area contributed by atoms with Gasteiger partial charge in [0.25, 0.3) is 5.91 Å². The Morgan fingerprint density at radius 2 is 2.06 bits per heavy atom.